The molecule has 8 heteroatoms. The third-order valence-corrected chi connectivity index (χ3v) is 6.46. The van der Waals surface area contributed by atoms with Crippen molar-refractivity contribution in [3.63, 3.8) is 0 Å². The van der Waals surface area contributed by atoms with E-state index in [-0.39, 0.29) is 16.4 Å². The molecule has 26 heavy (non-hydrogen) atoms. The summed E-state index contributed by atoms with van der Waals surface area (Å²) < 4.78 is 31.1. The molecule has 0 unspecified atom stereocenters. The summed E-state index contributed by atoms with van der Waals surface area (Å²) in [4.78, 5) is 16.7. The van der Waals surface area contributed by atoms with Crippen LogP contribution in [0.2, 0.25) is 0 Å². The van der Waals surface area contributed by atoms with Gasteiger partial charge in [0.1, 0.15) is 5.52 Å². The van der Waals surface area contributed by atoms with Crippen molar-refractivity contribution in [3.8, 4) is 0 Å². The van der Waals surface area contributed by atoms with Crippen LogP contribution >= 0.6 is 11.8 Å². The zero-order valence-corrected chi connectivity index (χ0v) is 16.2. The lowest BCUT2D eigenvalue weighted by molar-refractivity contribution is 0.102. The molecule has 0 fully saturated rings. The van der Waals surface area contributed by atoms with E-state index in [2.05, 4.69) is 4.98 Å². The molecule has 0 aliphatic carbocycles. The van der Waals surface area contributed by atoms with Crippen LogP contribution in [-0.4, -0.2) is 43.3 Å². The molecule has 1 heterocycles. The fourth-order valence-electron chi connectivity index (χ4n) is 2.27. The highest BCUT2D eigenvalue weighted by Gasteiger charge is 2.19. The van der Waals surface area contributed by atoms with E-state index in [1.54, 1.807) is 18.2 Å². The topological polar surface area (TPSA) is 80.5 Å². The van der Waals surface area contributed by atoms with Crippen LogP contribution in [0.15, 0.2) is 57.0 Å². The minimum atomic E-state index is -3.53. The van der Waals surface area contributed by atoms with Crippen LogP contribution < -0.4 is 0 Å². The molecular formula is C18H18N2O4S2. The zero-order chi connectivity index (χ0) is 18.9. The van der Waals surface area contributed by atoms with Gasteiger partial charge < -0.3 is 4.42 Å². The number of hydrogen-bond acceptors (Lipinski definition) is 6. The normalized spacial score (nSPS) is 12.0. The second kappa shape index (κ2) is 7.22. The lowest BCUT2D eigenvalue weighted by atomic mass is 10.1. The standard InChI is InChI=1S/C18H18N2O4S2/c1-12-4-6-13(7-5-12)16(21)11-25-18-19-15-10-14(8-9-17(15)24-18)26(22,23)20(2)3/h4-10H,11H2,1-3H3. The number of nitrogens with zero attached hydrogens (tertiary/aromatic N) is 2. The predicted octanol–water partition coefficient (Wildman–Crippen LogP) is 3.36. The number of aryl methyl sites for hydroxylation is 1. The van der Waals surface area contributed by atoms with Crippen molar-refractivity contribution in [2.24, 2.45) is 0 Å². The molecule has 6 nitrogen and oxygen atoms in total. The van der Waals surface area contributed by atoms with Crippen LogP contribution in [0.4, 0.5) is 0 Å². The molecule has 0 N–H and O–H groups in total. The number of Topliss-reactive ketones (excluding diaryl/α,β-unsaturated/α-hetero) is 1. The number of fused-ring (bicyclic) bond motifs is 1. The number of oxazole rings is 1. The van der Waals surface area contributed by atoms with E-state index in [1.165, 1.54) is 38.0 Å². The minimum absolute atomic E-state index is 0.0202. The van der Waals surface area contributed by atoms with Crippen molar-refractivity contribution in [3.05, 3.63) is 53.6 Å². The molecule has 2 aromatic carbocycles. The number of carbonyl (C=O) groups is 1. The molecule has 0 spiro atoms. The van der Waals surface area contributed by atoms with Crippen LogP contribution in [0.25, 0.3) is 11.1 Å². The molecule has 1 aromatic heterocycles. The van der Waals surface area contributed by atoms with Crippen molar-refractivity contribution in [1.82, 2.24) is 9.29 Å². The van der Waals surface area contributed by atoms with Crippen LogP contribution in [0.5, 0.6) is 0 Å². The Morgan fingerprint density at radius 1 is 1.15 bits per heavy atom. The maximum Gasteiger partial charge on any atom is 0.257 e. The number of aromatic nitrogens is 1. The van der Waals surface area contributed by atoms with Gasteiger partial charge in [-0.2, -0.15) is 0 Å². The highest BCUT2D eigenvalue weighted by atomic mass is 32.2. The summed E-state index contributed by atoms with van der Waals surface area (Å²) in [5, 5.41) is 0.333. The number of rotatable bonds is 6. The van der Waals surface area contributed by atoms with Gasteiger partial charge in [-0.15, -0.1) is 0 Å². The predicted molar refractivity (Wildman–Crippen MR) is 101 cm³/mol. The molecule has 0 amide bonds. The van der Waals surface area contributed by atoms with Crippen molar-refractivity contribution < 1.29 is 17.6 Å². The van der Waals surface area contributed by atoms with Gasteiger partial charge in [0.05, 0.1) is 10.6 Å². The highest BCUT2D eigenvalue weighted by molar-refractivity contribution is 7.99. The molecule has 3 rings (SSSR count). The van der Waals surface area contributed by atoms with Gasteiger partial charge in [-0.25, -0.2) is 17.7 Å². The zero-order valence-electron chi connectivity index (χ0n) is 14.6. The first-order valence-corrected chi connectivity index (χ1v) is 10.3. The quantitative estimate of drug-likeness (QED) is 0.474. The van der Waals surface area contributed by atoms with Gasteiger partial charge in [0.2, 0.25) is 10.0 Å². The molecular weight excluding hydrogens is 372 g/mol. The fraction of sp³-hybridized carbons (Fsp3) is 0.222. The third-order valence-electron chi connectivity index (χ3n) is 3.82. The maximum atomic E-state index is 12.2. The number of hydrogen-bond donors (Lipinski definition) is 0. The van der Waals surface area contributed by atoms with E-state index in [0.29, 0.717) is 21.9 Å². The first-order valence-electron chi connectivity index (χ1n) is 7.83. The van der Waals surface area contributed by atoms with Gasteiger partial charge in [-0.05, 0) is 25.1 Å². The molecule has 0 saturated heterocycles. The van der Waals surface area contributed by atoms with E-state index in [1.807, 2.05) is 19.1 Å². The Balaban J connectivity index is 1.77. The molecule has 136 valence electrons. The number of thioether (sulfide) groups is 1. The smallest absolute Gasteiger partial charge is 0.257 e. The second-order valence-electron chi connectivity index (χ2n) is 5.97. The summed E-state index contributed by atoms with van der Waals surface area (Å²) in [6.45, 7) is 1.96. The minimum Gasteiger partial charge on any atom is -0.431 e. The Morgan fingerprint density at radius 2 is 1.85 bits per heavy atom. The molecule has 3 aromatic rings. The van der Waals surface area contributed by atoms with Gasteiger partial charge in [0.25, 0.3) is 5.22 Å². The summed E-state index contributed by atoms with van der Waals surface area (Å²) in [5.41, 5.74) is 2.65. The SMILES string of the molecule is Cc1ccc(C(=O)CSc2nc3cc(S(=O)(=O)N(C)C)ccc3o2)cc1. The number of ketones is 1. The van der Waals surface area contributed by atoms with Crippen molar-refractivity contribution in [1.29, 1.82) is 0 Å². The maximum absolute atomic E-state index is 12.2. The monoisotopic (exact) mass is 390 g/mol. The summed E-state index contributed by atoms with van der Waals surface area (Å²) in [6, 6.07) is 11.9. The Hall–Kier alpha value is -2.16. The number of sulfonamides is 1. The average Bonchev–Trinajstić information content (AvgIpc) is 3.02. The van der Waals surface area contributed by atoms with Gasteiger partial charge in [0.15, 0.2) is 11.4 Å². The largest absolute Gasteiger partial charge is 0.431 e. The lowest BCUT2D eigenvalue weighted by Gasteiger charge is -2.10. The third kappa shape index (κ3) is 3.82. The molecule has 0 aliphatic heterocycles. The van der Waals surface area contributed by atoms with Crippen LogP contribution in [0.1, 0.15) is 15.9 Å². The fourth-order valence-corrected chi connectivity index (χ4v) is 3.92. The Bertz CT molecular complexity index is 1050. The molecule has 0 atom stereocenters. The first kappa shape index (κ1) is 18.6. The Kier molecular flexibility index (Phi) is 5.17. The van der Waals surface area contributed by atoms with E-state index >= 15 is 0 Å². The summed E-state index contributed by atoms with van der Waals surface area (Å²) >= 11 is 1.19. The molecule has 0 saturated carbocycles. The molecule has 0 bridgehead atoms. The first-order chi connectivity index (χ1) is 12.3. The summed E-state index contributed by atoms with van der Waals surface area (Å²) in [7, 11) is -0.589. The lowest BCUT2D eigenvalue weighted by Crippen LogP contribution is -2.22. The van der Waals surface area contributed by atoms with Crippen molar-refractivity contribution in [2.45, 2.75) is 17.0 Å². The number of carbonyl (C=O) groups excluding carboxylic acids is 1. The van der Waals surface area contributed by atoms with Gasteiger partial charge in [0, 0.05) is 19.7 Å². The van der Waals surface area contributed by atoms with E-state index in [4.69, 9.17) is 4.42 Å². The summed E-state index contributed by atoms with van der Waals surface area (Å²) in [5.74, 6) is 0.173. The average molecular weight is 390 g/mol. The van der Waals surface area contributed by atoms with Crippen LogP contribution in [0, 0.1) is 6.92 Å². The van der Waals surface area contributed by atoms with Crippen LogP contribution in [0.3, 0.4) is 0 Å². The molecule has 0 aliphatic rings. The Labute approximate surface area is 156 Å². The van der Waals surface area contributed by atoms with E-state index in [0.717, 1.165) is 9.87 Å². The summed E-state index contributed by atoms with van der Waals surface area (Å²) in [6.07, 6.45) is 0. The van der Waals surface area contributed by atoms with Crippen molar-refractivity contribution in [2.75, 3.05) is 19.8 Å². The van der Waals surface area contributed by atoms with Gasteiger partial charge >= 0.3 is 0 Å². The second-order valence-corrected chi connectivity index (χ2v) is 9.05. The molecule has 0 radical (unpaired) electrons. The van der Waals surface area contributed by atoms with Crippen molar-refractivity contribution >= 4 is 38.7 Å². The Morgan fingerprint density at radius 3 is 2.50 bits per heavy atom. The van der Waals surface area contributed by atoms with E-state index in [9.17, 15) is 13.2 Å². The highest BCUT2D eigenvalue weighted by Crippen LogP contribution is 2.26. The van der Waals surface area contributed by atoms with Crippen LogP contribution in [-0.2, 0) is 10.0 Å². The van der Waals surface area contributed by atoms with Gasteiger partial charge in [-0.1, -0.05) is 41.6 Å². The van der Waals surface area contributed by atoms with E-state index < -0.39 is 10.0 Å². The number of benzene rings is 2. The van der Waals surface area contributed by atoms with Gasteiger partial charge in [-0.3, -0.25) is 4.79 Å².